The molecule has 0 radical (unpaired) electrons. The highest BCUT2D eigenvalue weighted by atomic mass is 16.5. The fraction of sp³-hybridized carbons (Fsp3) is 1.00. The molecule has 2 N–H and O–H groups in total. The number of hydrogen-bond acceptors (Lipinski definition) is 4. The summed E-state index contributed by atoms with van der Waals surface area (Å²) in [4.78, 5) is 0. The SMILES string of the molecule is CC(COCCCCO)OCCCO. The van der Waals surface area contributed by atoms with E-state index in [1.165, 1.54) is 0 Å². The minimum Gasteiger partial charge on any atom is -0.396 e. The molecule has 0 aliphatic rings. The van der Waals surface area contributed by atoms with Crippen LogP contribution in [0, 0.1) is 0 Å². The van der Waals surface area contributed by atoms with Crippen LogP contribution in [0.4, 0.5) is 0 Å². The van der Waals surface area contributed by atoms with Crippen molar-refractivity contribution < 1.29 is 19.7 Å². The van der Waals surface area contributed by atoms with Crippen molar-refractivity contribution in [3.05, 3.63) is 0 Å². The molecule has 86 valence electrons. The van der Waals surface area contributed by atoms with E-state index < -0.39 is 0 Å². The van der Waals surface area contributed by atoms with Crippen LogP contribution in [0.3, 0.4) is 0 Å². The van der Waals surface area contributed by atoms with Gasteiger partial charge in [0.25, 0.3) is 0 Å². The fourth-order valence-electron chi connectivity index (χ4n) is 0.962. The molecule has 0 aromatic heterocycles. The third-order valence-electron chi connectivity index (χ3n) is 1.75. The van der Waals surface area contributed by atoms with Crippen LogP contribution in [0.2, 0.25) is 0 Å². The van der Waals surface area contributed by atoms with Crippen LogP contribution in [0.5, 0.6) is 0 Å². The number of hydrogen-bond donors (Lipinski definition) is 2. The second-order valence-corrected chi connectivity index (χ2v) is 3.26. The van der Waals surface area contributed by atoms with Crippen LogP contribution in [-0.2, 0) is 9.47 Å². The lowest BCUT2D eigenvalue weighted by molar-refractivity contribution is -0.0117. The monoisotopic (exact) mass is 206 g/mol. The van der Waals surface area contributed by atoms with Crippen LogP contribution < -0.4 is 0 Å². The Hall–Kier alpha value is -0.160. The van der Waals surface area contributed by atoms with Crippen molar-refractivity contribution in [1.82, 2.24) is 0 Å². The molecule has 0 aliphatic carbocycles. The predicted octanol–water partition coefficient (Wildman–Crippen LogP) is 0.563. The van der Waals surface area contributed by atoms with Gasteiger partial charge in [0.1, 0.15) is 0 Å². The molecule has 0 aromatic rings. The van der Waals surface area contributed by atoms with Crippen molar-refractivity contribution in [1.29, 1.82) is 0 Å². The molecular weight excluding hydrogens is 184 g/mol. The summed E-state index contributed by atoms with van der Waals surface area (Å²) in [6.07, 6.45) is 2.43. The maximum absolute atomic E-state index is 8.52. The minimum atomic E-state index is 0.0793. The molecule has 0 rings (SSSR count). The molecule has 0 amide bonds. The van der Waals surface area contributed by atoms with E-state index in [2.05, 4.69) is 0 Å². The summed E-state index contributed by atoms with van der Waals surface area (Å²) in [6.45, 7) is 4.18. The third-order valence-corrected chi connectivity index (χ3v) is 1.75. The van der Waals surface area contributed by atoms with E-state index in [0.29, 0.717) is 26.2 Å². The number of aliphatic hydroxyl groups excluding tert-OH is 2. The maximum Gasteiger partial charge on any atom is 0.0780 e. The second kappa shape index (κ2) is 10.9. The highest BCUT2D eigenvalue weighted by Gasteiger charge is 2.01. The lowest BCUT2D eigenvalue weighted by Crippen LogP contribution is -2.17. The standard InChI is InChI=1S/C10H22O4/c1-10(14-8-4-6-12)9-13-7-3-2-5-11/h10-12H,2-9H2,1H3. The summed E-state index contributed by atoms with van der Waals surface area (Å²) < 4.78 is 10.7. The van der Waals surface area contributed by atoms with Crippen LogP contribution in [-0.4, -0.2) is 49.4 Å². The molecule has 0 bridgehead atoms. The van der Waals surface area contributed by atoms with Gasteiger partial charge >= 0.3 is 0 Å². The summed E-state index contributed by atoms with van der Waals surface area (Å²) in [5.74, 6) is 0. The average Bonchev–Trinajstić information content (AvgIpc) is 2.18. The van der Waals surface area contributed by atoms with Gasteiger partial charge in [-0.1, -0.05) is 0 Å². The number of ether oxygens (including phenoxy) is 2. The van der Waals surface area contributed by atoms with Crippen LogP contribution in [0.15, 0.2) is 0 Å². The maximum atomic E-state index is 8.52. The van der Waals surface area contributed by atoms with Crippen LogP contribution in [0.1, 0.15) is 26.2 Å². The van der Waals surface area contributed by atoms with Gasteiger partial charge in [-0.25, -0.2) is 0 Å². The number of rotatable bonds is 10. The molecule has 0 fully saturated rings. The van der Waals surface area contributed by atoms with Crippen molar-refractivity contribution in [2.45, 2.75) is 32.3 Å². The Morgan fingerprint density at radius 1 is 1.00 bits per heavy atom. The Morgan fingerprint density at radius 2 is 1.71 bits per heavy atom. The third kappa shape index (κ3) is 9.92. The Bertz CT molecular complexity index is 108. The Morgan fingerprint density at radius 3 is 2.36 bits per heavy atom. The summed E-state index contributed by atoms with van der Waals surface area (Å²) in [7, 11) is 0. The zero-order valence-corrected chi connectivity index (χ0v) is 8.95. The number of aliphatic hydroxyl groups is 2. The minimum absolute atomic E-state index is 0.0793. The highest BCUT2D eigenvalue weighted by Crippen LogP contribution is 1.95. The Labute approximate surface area is 85.8 Å². The van der Waals surface area contributed by atoms with Crippen LogP contribution in [0.25, 0.3) is 0 Å². The van der Waals surface area contributed by atoms with Crippen molar-refractivity contribution >= 4 is 0 Å². The lowest BCUT2D eigenvalue weighted by atomic mass is 10.3. The zero-order chi connectivity index (χ0) is 10.6. The van der Waals surface area contributed by atoms with Gasteiger partial charge in [-0.15, -0.1) is 0 Å². The summed E-state index contributed by atoms with van der Waals surface area (Å²) in [6, 6.07) is 0. The van der Waals surface area contributed by atoms with E-state index in [0.717, 1.165) is 12.8 Å². The van der Waals surface area contributed by atoms with Crippen molar-refractivity contribution in [3.63, 3.8) is 0 Å². The zero-order valence-electron chi connectivity index (χ0n) is 8.95. The van der Waals surface area contributed by atoms with Gasteiger partial charge in [0.2, 0.25) is 0 Å². The van der Waals surface area contributed by atoms with E-state index >= 15 is 0 Å². The van der Waals surface area contributed by atoms with Crippen molar-refractivity contribution in [2.75, 3.05) is 33.0 Å². The molecule has 14 heavy (non-hydrogen) atoms. The van der Waals surface area contributed by atoms with Gasteiger partial charge in [-0.2, -0.15) is 0 Å². The van der Waals surface area contributed by atoms with E-state index in [4.69, 9.17) is 19.7 Å². The average molecular weight is 206 g/mol. The topological polar surface area (TPSA) is 58.9 Å². The first-order chi connectivity index (χ1) is 6.81. The molecule has 0 spiro atoms. The van der Waals surface area contributed by atoms with E-state index in [9.17, 15) is 0 Å². The van der Waals surface area contributed by atoms with Gasteiger partial charge < -0.3 is 19.7 Å². The van der Waals surface area contributed by atoms with E-state index in [-0.39, 0.29) is 19.3 Å². The molecule has 0 saturated heterocycles. The summed E-state index contributed by atoms with van der Waals surface area (Å²) in [5.41, 5.74) is 0. The Kier molecular flexibility index (Phi) is 10.8. The van der Waals surface area contributed by atoms with E-state index in [1.54, 1.807) is 0 Å². The highest BCUT2D eigenvalue weighted by molar-refractivity contribution is 4.47. The molecule has 0 heterocycles. The van der Waals surface area contributed by atoms with Crippen molar-refractivity contribution in [2.24, 2.45) is 0 Å². The molecule has 0 aromatic carbocycles. The van der Waals surface area contributed by atoms with Gasteiger partial charge in [-0.05, 0) is 26.2 Å². The molecule has 1 atom stereocenters. The van der Waals surface area contributed by atoms with Crippen LogP contribution >= 0.6 is 0 Å². The van der Waals surface area contributed by atoms with Gasteiger partial charge in [0, 0.05) is 26.4 Å². The summed E-state index contributed by atoms with van der Waals surface area (Å²) >= 11 is 0. The fourth-order valence-corrected chi connectivity index (χ4v) is 0.962. The van der Waals surface area contributed by atoms with Gasteiger partial charge in [0.05, 0.1) is 12.7 Å². The normalized spacial score (nSPS) is 13.1. The molecule has 0 aliphatic heterocycles. The smallest absolute Gasteiger partial charge is 0.0780 e. The molecule has 4 nitrogen and oxygen atoms in total. The summed E-state index contributed by atoms with van der Waals surface area (Å²) in [5, 5.41) is 17.0. The quantitative estimate of drug-likeness (QED) is 0.513. The molecule has 0 saturated carbocycles. The molecule has 4 heteroatoms. The first-order valence-corrected chi connectivity index (χ1v) is 5.22. The first-order valence-electron chi connectivity index (χ1n) is 5.22. The van der Waals surface area contributed by atoms with Crippen molar-refractivity contribution in [3.8, 4) is 0 Å². The molecule has 1 unspecified atom stereocenters. The lowest BCUT2D eigenvalue weighted by Gasteiger charge is -2.12. The second-order valence-electron chi connectivity index (χ2n) is 3.26. The van der Waals surface area contributed by atoms with E-state index in [1.807, 2.05) is 6.92 Å². The molecular formula is C10H22O4. The van der Waals surface area contributed by atoms with Gasteiger partial charge in [-0.3, -0.25) is 0 Å². The number of unbranched alkanes of at least 4 members (excludes halogenated alkanes) is 1. The first kappa shape index (κ1) is 13.8. The Balaban J connectivity index is 3.06. The predicted molar refractivity (Wildman–Crippen MR) is 54.3 cm³/mol. The largest absolute Gasteiger partial charge is 0.396 e. The van der Waals surface area contributed by atoms with Gasteiger partial charge in [0.15, 0.2) is 0 Å².